The summed E-state index contributed by atoms with van der Waals surface area (Å²) in [5.41, 5.74) is 3.89. The molecule has 0 fully saturated rings. The number of hydrogen-bond donors (Lipinski definition) is 1. The molecule has 1 N–H and O–H groups in total. The van der Waals surface area contributed by atoms with Crippen LogP contribution in [0.2, 0.25) is 0 Å². The highest BCUT2D eigenvalue weighted by atomic mass is 35.5. The molecule has 0 amide bonds. The number of carbonyl (C=O) groups is 1. The van der Waals surface area contributed by atoms with Crippen LogP contribution in [0.4, 0.5) is 0 Å². The summed E-state index contributed by atoms with van der Waals surface area (Å²) >= 11 is 0. The van der Waals surface area contributed by atoms with Crippen LogP contribution in [0.15, 0.2) is 42.6 Å². The predicted molar refractivity (Wildman–Crippen MR) is 106 cm³/mol. The summed E-state index contributed by atoms with van der Waals surface area (Å²) in [5, 5.41) is 19.1. The Labute approximate surface area is 168 Å². The molecule has 148 valence electrons. The van der Waals surface area contributed by atoms with E-state index in [1.54, 1.807) is 6.20 Å². The summed E-state index contributed by atoms with van der Waals surface area (Å²) in [6, 6.07) is 9.54. The van der Waals surface area contributed by atoms with Gasteiger partial charge in [-0.15, -0.1) is 22.5 Å². The van der Waals surface area contributed by atoms with Crippen LogP contribution in [0.1, 0.15) is 34.9 Å². The van der Waals surface area contributed by atoms with E-state index in [0.29, 0.717) is 12.8 Å². The smallest absolute Gasteiger partial charge is 0.307 e. The van der Waals surface area contributed by atoms with Gasteiger partial charge in [0.1, 0.15) is 6.61 Å². The number of benzene rings is 1. The molecule has 1 aliphatic carbocycles. The molecule has 1 atom stereocenters. The fourth-order valence-corrected chi connectivity index (χ4v) is 3.42. The molecule has 1 aromatic carbocycles. The first-order valence-corrected chi connectivity index (χ1v) is 8.58. The Bertz CT molecular complexity index is 901. The summed E-state index contributed by atoms with van der Waals surface area (Å²) in [5.74, 6) is -0.899. The third kappa shape index (κ3) is 5.07. The molecule has 1 unspecified atom stereocenters. The van der Waals surface area contributed by atoms with Crippen molar-refractivity contribution in [3.05, 3.63) is 80.7 Å². The van der Waals surface area contributed by atoms with Crippen LogP contribution in [0.3, 0.4) is 0 Å². The summed E-state index contributed by atoms with van der Waals surface area (Å²) in [6.07, 6.45) is 6.45. The van der Waals surface area contributed by atoms with Crippen LogP contribution < -0.4 is 0 Å². The number of carboxylic acid groups (broad SMARTS) is 1. The zero-order valence-electron chi connectivity index (χ0n) is 15.3. The minimum atomic E-state index is -0.899. The lowest BCUT2D eigenvalue weighted by Crippen LogP contribution is -2.28. The standard InChI is InChI=1S/C20H20N2O5.ClH/c1-20(13-27-22(25)26)8-7-17-15(12-20)6-5-14(18(17)11-19(23)24)10-16-4-2-3-9-21-16;/h2-9H,10-13H2,1H3,(H,23,24);1H. The van der Waals surface area contributed by atoms with Crippen LogP contribution >= 0.6 is 12.4 Å². The normalized spacial score (nSPS) is 17.3. The van der Waals surface area contributed by atoms with Crippen LogP contribution in [0.25, 0.3) is 6.08 Å². The lowest BCUT2D eigenvalue weighted by molar-refractivity contribution is -0.760. The first-order chi connectivity index (χ1) is 12.9. The van der Waals surface area contributed by atoms with E-state index >= 15 is 0 Å². The summed E-state index contributed by atoms with van der Waals surface area (Å²) in [4.78, 5) is 30.8. The summed E-state index contributed by atoms with van der Waals surface area (Å²) < 4.78 is 0. The number of rotatable bonds is 7. The minimum Gasteiger partial charge on any atom is -0.481 e. The van der Waals surface area contributed by atoms with Crippen molar-refractivity contribution in [1.82, 2.24) is 4.98 Å². The number of aliphatic carboxylic acids is 1. The lowest BCUT2D eigenvalue weighted by Gasteiger charge is -2.30. The van der Waals surface area contributed by atoms with E-state index in [1.807, 2.05) is 49.4 Å². The van der Waals surface area contributed by atoms with Crippen molar-refractivity contribution in [2.45, 2.75) is 26.2 Å². The first-order valence-electron chi connectivity index (χ1n) is 8.58. The number of hydrogen-bond acceptors (Lipinski definition) is 5. The van der Waals surface area contributed by atoms with Crippen LogP contribution in [-0.2, 0) is 28.9 Å². The first kappa shape index (κ1) is 21.4. The average Bonchev–Trinajstić information content (AvgIpc) is 2.62. The molecule has 8 heteroatoms. The van der Waals surface area contributed by atoms with Crippen molar-refractivity contribution in [1.29, 1.82) is 0 Å². The molecular weight excluding hydrogens is 384 g/mol. The number of nitrogens with zero attached hydrogens (tertiary/aromatic N) is 2. The molecule has 3 rings (SSSR count). The molecule has 0 saturated carbocycles. The van der Waals surface area contributed by atoms with Gasteiger partial charge in [-0.2, -0.15) is 0 Å². The lowest BCUT2D eigenvalue weighted by atomic mass is 9.76. The van der Waals surface area contributed by atoms with Crippen molar-refractivity contribution in [2.75, 3.05) is 6.61 Å². The molecule has 28 heavy (non-hydrogen) atoms. The Morgan fingerprint density at radius 2 is 2.14 bits per heavy atom. The second-order valence-electron chi connectivity index (χ2n) is 7.01. The molecule has 1 aromatic heterocycles. The second kappa shape index (κ2) is 8.84. The van der Waals surface area contributed by atoms with E-state index in [0.717, 1.165) is 27.9 Å². The highest BCUT2D eigenvalue weighted by Crippen LogP contribution is 2.36. The van der Waals surface area contributed by atoms with Gasteiger partial charge in [0.2, 0.25) is 0 Å². The van der Waals surface area contributed by atoms with Gasteiger partial charge in [0.15, 0.2) is 0 Å². The summed E-state index contributed by atoms with van der Waals surface area (Å²) in [7, 11) is 0. The third-order valence-electron chi connectivity index (χ3n) is 4.72. The third-order valence-corrected chi connectivity index (χ3v) is 4.72. The molecule has 0 radical (unpaired) electrons. The number of pyridine rings is 1. The number of fused-ring (bicyclic) bond motifs is 1. The van der Waals surface area contributed by atoms with Gasteiger partial charge in [0, 0.05) is 23.7 Å². The van der Waals surface area contributed by atoms with Crippen molar-refractivity contribution < 1.29 is 19.8 Å². The van der Waals surface area contributed by atoms with Gasteiger partial charge in [-0.05, 0) is 40.8 Å². The van der Waals surface area contributed by atoms with Gasteiger partial charge >= 0.3 is 5.97 Å². The summed E-state index contributed by atoms with van der Waals surface area (Å²) in [6.45, 7) is 1.84. The molecule has 0 aliphatic heterocycles. The SMILES string of the molecule is CC1(CO[N+](=O)[O-])C=Cc2c(ccc(Cc3ccccn3)c2CC(=O)O)C1.Cl. The van der Waals surface area contributed by atoms with Gasteiger partial charge in [-0.25, -0.2) is 0 Å². The maximum absolute atomic E-state index is 11.4. The van der Waals surface area contributed by atoms with Gasteiger partial charge in [-0.1, -0.05) is 37.3 Å². The molecule has 1 heterocycles. The van der Waals surface area contributed by atoms with Crippen LogP contribution in [0, 0.1) is 15.5 Å². The number of aromatic nitrogens is 1. The fourth-order valence-electron chi connectivity index (χ4n) is 3.42. The maximum Gasteiger partial charge on any atom is 0.307 e. The highest BCUT2D eigenvalue weighted by Gasteiger charge is 2.29. The van der Waals surface area contributed by atoms with E-state index in [1.165, 1.54) is 0 Å². The number of halogens is 1. The zero-order chi connectivity index (χ0) is 19.4. The molecule has 7 nitrogen and oxygen atoms in total. The molecule has 1 aliphatic rings. The Morgan fingerprint density at radius 3 is 2.79 bits per heavy atom. The Hall–Kier alpha value is -2.93. The largest absolute Gasteiger partial charge is 0.481 e. The number of carboxylic acids is 1. The Morgan fingerprint density at radius 1 is 1.36 bits per heavy atom. The van der Waals surface area contributed by atoms with Crippen molar-refractivity contribution in [3.8, 4) is 0 Å². The molecule has 0 spiro atoms. The quantitative estimate of drug-likeness (QED) is 0.559. The monoisotopic (exact) mass is 404 g/mol. The van der Waals surface area contributed by atoms with Gasteiger partial charge in [0.25, 0.3) is 5.09 Å². The van der Waals surface area contributed by atoms with E-state index < -0.39 is 16.5 Å². The molecule has 0 saturated heterocycles. The van der Waals surface area contributed by atoms with E-state index in [4.69, 9.17) is 0 Å². The molecule has 0 bridgehead atoms. The van der Waals surface area contributed by atoms with Crippen molar-refractivity contribution in [2.24, 2.45) is 5.41 Å². The Balaban J connectivity index is 0.00000280. The van der Waals surface area contributed by atoms with Crippen LogP contribution in [-0.4, -0.2) is 27.8 Å². The van der Waals surface area contributed by atoms with E-state index in [2.05, 4.69) is 9.82 Å². The predicted octanol–water partition coefficient (Wildman–Crippen LogP) is 3.51. The minimum absolute atomic E-state index is 0. The van der Waals surface area contributed by atoms with Gasteiger partial charge < -0.3 is 9.94 Å². The average molecular weight is 405 g/mol. The van der Waals surface area contributed by atoms with Crippen molar-refractivity contribution >= 4 is 24.5 Å². The highest BCUT2D eigenvalue weighted by molar-refractivity contribution is 5.85. The zero-order valence-corrected chi connectivity index (χ0v) is 16.1. The molecule has 2 aromatic rings. The fraction of sp³-hybridized carbons (Fsp3) is 0.300. The van der Waals surface area contributed by atoms with Crippen molar-refractivity contribution in [3.63, 3.8) is 0 Å². The Kier molecular flexibility index (Phi) is 6.75. The topological polar surface area (TPSA) is 103 Å². The van der Waals surface area contributed by atoms with Gasteiger partial charge in [-0.3, -0.25) is 9.78 Å². The van der Waals surface area contributed by atoms with E-state index in [-0.39, 0.29) is 25.4 Å². The second-order valence-corrected chi connectivity index (χ2v) is 7.01. The van der Waals surface area contributed by atoms with E-state index in [9.17, 15) is 20.0 Å². The maximum atomic E-state index is 11.4. The molecular formula is C20H21ClN2O5. The van der Waals surface area contributed by atoms with Crippen LogP contribution in [0.5, 0.6) is 0 Å². The van der Waals surface area contributed by atoms with Gasteiger partial charge in [0.05, 0.1) is 6.42 Å².